The normalized spacial score (nSPS) is 14.2. The second-order valence-electron chi connectivity index (χ2n) is 6.38. The van der Waals surface area contributed by atoms with Gasteiger partial charge in [0.1, 0.15) is 16.2 Å². The molecule has 4 aromatic rings. The summed E-state index contributed by atoms with van der Waals surface area (Å²) in [5, 5.41) is 6.20. The topological polar surface area (TPSA) is 99.6 Å². The summed E-state index contributed by atoms with van der Waals surface area (Å²) in [6.07, 6.45) is 2.00. The first-order chi connectivity index (χ1) is 12.2. The molecule has 1 aromatic carbocycles. The zero-order valence-corrected chi connectivity index (χ0v) is 15.5. The summed E-state index contributed by atoms with van der Waals surface area (Å²) in [6.45, 7) is 1.97. The Hall–Kier alpha value is -2.35. The Bertz CT molecular complexity index is 1130. The van der Waals surface area contributed by atoms with Crippen LogP contribution in [0.4, 0.5) is 5.69 Å². The number of nitrogen functional groups attached to an aromatic ring is 1. The predicted octanol–water partition coefficient (Wildman–Crippen LogP) is 2.83. The number of aromatic nitrogens is 3. The van der Waals surface area contributed by atoms with Crippen molar-refractivity contribution >= 4 is 50.7 Å². The molecule has 134 valence electrons. The van der Waals surface area contributed by atoms with Gasteiger partial charge in [0.25, 0.3) is 5.56 Å². The number of rotatable bonds is 1. The summed E-state index contributed by atoms with van der Waals surface area (Å²) in [4.78, 5) is 24.2. The number of halogens is 1. The molecule has 5 rings (SSSR count). The number of anilines is 1. The SMILES string of the molecule is Cl.Nc1c(-c2nc3cc4c(cc3[nH]2)CCNCC4)c(=O)[nH]c2sccc12. The molecule has 0 saturated carbocycles. The fourth-order valence-corrected chi connectivity index (χ4v) is 4.37. The van der Waals surface area contributed by atoms with Crippen LogP contribution in [0.2, 0.25) is 0 Å². The molecule has 0 fully saturated rings. The van der Waals surface area contributed by atoms with Crippen LogP contribution in [0.3, 0.4) is 0 Å². The predicted molar refractivity (Wildman–Crippen MR) is 109 cm³/mol. The smallest absolute Gasteiger partial charge is 0.262 e. The molecule has 0 bridgehead atoms. The van der Waals surface area contributed by atoms with Gasteiger partial charge in [-0.1, -0.05) is 0 Å². The van der Waals surface area contributed by atoms with E-state index in [2.05, 4.69) is 32.4 Å². The van der Waals surface area contributed by atoms with Crippen molar-refractivity contribution in [2.24, 2.45) is 0 Å². The Balaban J connectivity index is 0.00000168. The Kier molecular flexibility index (Phi) is 4.22. The van der Waals surface area contributed by atoms with E-state index in [-0.39, 0.29) is 18.0 Å². The lowest BCUT2D eigenvalue weighted by Crippen LogP contribution is -2.16. The Morgan fingerprint density at radius 2 is 1.88 bits per heavy atom. The standard InChI is InChI=1S/C18H17N5OS.ClH/c19-15-11-3-6-25-18(11)23-17(24)14(15)16-21-12-7-9-1-4-20-5-2-10(9)8-13(12)22-16;/h3,6-8,20H,1-2,4-5H2,(H,21,22)(H3,19,23,24);1H. The van der Waals surface area contributed by atoms with Crippen LogP contribution in [0.1, 0.15) is 11.1 Å². The third kappa shape index (κ3) is 2.59. The lowest BCUT2D eigenvalue weighted by atomic mass is 10.0. The number of nitrogens with zero attached hydrogens (tertiary/aromatic N) is 1. The molecule has 1 aliphatic heterocycles. The molecular weight excluding hydrogens is 370 g/mol. The van der Waals surface area contributed by atoms with E-state index in [9.17, 15) is 4.79 Å². The van der Waals surface area contributed by atoms with Crippen LogP contribution in [0.25, 0.3) is 32.6 Å². The number of hydrogen-bond acceptors (Lipinski definition) is 5. The van der Waals surface area contributed by atoms with Crippen LogP contribution in [0.15, 0.2) is 28.4 Å². The molecule has 0 aliphatic carbocycles. The molecule has 26 heavy (non-hydrogen) atoms. The molecule has 0 radical (unpaired) electrons. The number of fused-ring (bicyclic) bond motifs is 3. The Morgan fingerprint density at radius 1 is 1.12 bits per heavy atom. The average Bonchev–Trinajstić information content (AvgIpc) is 3.14. The van der Waals surface area contributed by atoms with Gasteiger partial charge in [0.15, 0.2) is 0 Å². The second-order valence-corrected chi connectivity index (χ2v) is 7.30. The molecule has 5 N–H and O–H groups in total. The fourth-order valence-electron chi connectivity index (χ4n) is 3.58. The molecule has 0 unspecified atom stereocenters. The van der Waals surface area contributed by atoms with E-state index < -0.39 is 0 Å². The number of hydrogen-bond donors (Lipinski definition) is 4. The first-order valence-corrected chi connectivity index (χ1v) is 9.20. The van der Waals surface area contributed by atoms with E-state index in [1.165, 1.54) is 22.5 Å². The third-order valence-corrected chi connectivity index (χ3v) is 5.69. The number of benzene rings is 1. The van der Waals surface area contributed by atoms with Crippen LogP contribution >= 0.6 is 23.7 Å². The van der Waals surface area contributed by atoms with E-state index >= 15 is 0 Å². The van der Waals surface area contributed by atoms with Crippen LogP contribution < -0.4 is 16.6 Å². The van der Waals surface area contributed by atoms with Gasteiger partial charge < -0.3 is 21.0 Å². The summed E-state index contributed by atoms with van der Waals surface area (Å²) in [6, 6.07) is 6.21. The molecule has 8 heteroatoms. The highest BCUT2D eigenvalue weighted by Crippen LogP contribution is 2.31. The molecule has 0 amide bonds. The lowest BCUT2D eigenvalue weighted by molar-refractivity contribution is 0.711. The third-order valence-electron chi connectivity index (χ3n) is 4.86. The first kappa shape index (κ1) is 17.1. The maximum absolute atomic E-state index is 12.5. The number of nitrogens with two attached hydrogens (primary N) is 1. The molecule has 6 nitrogen and oxygen atoms in total. The van der Waals surface area contributed by atoms with Crippen LogP contribution in [0.5, 0.6) is 0 Å². The van der Waals surface area contributed by atoms with Gasteiger partial charge in [-0.15, -0.1) is 23.7 Å². The molecule has 1 aliphatic rings. The van der Waals surface area contributed by atoms with E-state index in [0.29, 0.717) is 17.1 Å². The van der Waals surface area contributed by atoms with Gasteiger partial charge in [-0.05, 0) is 60.6 Å². The van der Waals surface area contributed by atoms with Gasteiger partial charge in [-0.25, -0.2) is 4.98 Å². The fraction of sp³-hybridized carbons (Fsp3) is 0.222. The number of pyridine rings is 1. The largest absolute Gasteiger partial charge is 0.397 e. The van der Waals surface area contributed by atoms with Gasteiger partial charge in [0, 0.05) is 5.39 Å². The van der Waals surface area contributed by atoms with Crippen molar-refractivity contribution in [1.29, 1.82) is 0 Å². The van der Waals surface area contributed by atoms with Crippen LogP contribution in [0, 0.1) is 0 Å². The van der Waals surface area contributed by atoms with Gasteiger partial charge in [0.2, 0.25) is 0 Å². The second kappa shape index (κ2) is 6.42. The Labute approximate surface area is 159 Å². The first-order valence-electron chi connectivity index (χ1n) is 8.32. The van der Waals surface area contributed by atoms with Crippen molar-refractivity contribution < 1.29 is 0 Å². The minimum atomic E-state index is -0.211. The van der Waals surface area contributed by atoms with Gasteiger partial charge in [-0.2, -0.15) is 0 Å². The number of imidazole rings is 1. The number of nitrogens with one attached hydrogen (secondary N) is 3. The molecule has 0 atom stereocenters. The van der Waals surface area contributed by atoms with Gasteiger partial charge in [0.05, 0.1) is 16.7 Å². The van der Waals surface area contributed by atoms with Crippen molar-refractivity contribution in [3.63, 3.8) is 0 Å². The minimum Gasteiger partial charge on any atom is -0.397 e. The van der Waals surface area contributed by atoms with Crippen molar-refractivity contribution in [1.82, 2.24) is 20.3 Å². The molecule has 3 aromatic heterocycles. The maximum atomic E-state index is 12.5. The van der Waals surface area contributed by atoms with Crippen molar-refractivity contribution in [3.05, 3.63) is 45.1 Å². The zero-order valence-electron chi connectivity index (χ0n) is 13.9. The maximum Gasteiger partial charge on any atom is 0.262 e. The minimum absolute atomic E-state index is 0. The van der Waals surface area contributed by atoms with Crippen LogP contribution in [-0.2, 0) is 12.8 Å². The lowest BCUT2D eigenvalue weighted by Gasteiger charge is -2.03. The summed E-state index contributed by atoms with van der Waals surface area (Å²) in [5.74, 6) is 0.528. The number of H-pyrrole nitrogens is 2. The highest BCUT2D eigenvalue weighted by Gasteiger charge is 2.18. The quantitative estimate of drug-likeness (QED) is 0.403. The number of thiophene rings is 1. The van der Waals surface area contributed by atoms with E-state index in [1.54, 1.807) is 0 Å². The summed E-state index contributed by atoms with van der Waals surface area (Å²) < 4.78 is 0. The summed E-state index contributed by atoms with van der Waals surface area (Å²) >= 11 is 1.47. The summed E-state index contributed by atoms with van der Waals surface area (Å²) in [5.41, 5.74) is 11.4. The molecule has 0 saturated heterocycles. The monoisotopic (exact) mass is 387 g/mol. The number of aromatic amines is 2. The Morgan fingerprint density at radius 3 is 2.69 bits per heavy atom. The van der Waals surface area contributed by atoms with E-state index in [1.807, 2.05) is 11.4 Å². The van der Waals surface area contributed by atoms with E-state index in [0.717, 1.165) is 47.2 Å². The molecular formula is C18H18ClN5OS. The average molecular weight is 388 g/mol. The molecule has 0 spiro atoms. The highest BCUT2D eigenvalue weighted by molar-refractivity contribution is 7.16. The molecule has 4 heterocycles. The summed E-state index contributed by atoms with van der Waals surface area (Å²) in [7, 11) is 0. The zero-order chi connectivity index (χ0) is 17.0. The highest BCUT2D eigenvalue weighted by atomic mass is 35.5. The van der Waals surface area contributed by atoms with Gasteiger partial charge in [-0.3, -0.25) is 4.79 Å². The van der Waals surface area contributed by atoms with Gasteiger partial charge >= 0.3 is 0 Å². The van der Waals surface area contributed by atoms with Crippen LogP contribution in [-0.4, -0.2) is 28.0 Å². The van der Waals surface area contributed by atoms with Crippen molar-refractivity contribution in [2.75, 3.05) is 18.8 Å². The van der Waals surface area contributed by atoms with Crippen molar-refractivity contribution in [3.8, 4) is 11.4 Å². The van der Waals surface area contributed by atoms with Crippen molar-refractivity contribution in [2.45, 2.75) is 12.8 Å². The van der Waals surface area contributed by atoms with E-state index in [4.69, 9.17) is 5.73 Å².